The summed E-state index contributed by atoms with van der Waals surface area (Å²) in [5, 5.41) is 3.68. The summed E-state index contributed by atoms with van der Waals surface area (Å²) in [7, 11) is 0. The molecule has 1 saturated heterocycles. The van der Waals surface area contributed by atoms with Crippen molar-refractivity contribution < 1.29 is 13.7 Å². The Morgan fingerprint density at radius 3 is 2.67 bits per heavy atom. The highest BCUT2D eigenvalue weighted by Crippen LogP contribution is 2.20. The van der Waals surface area contributed by atoms with Crippen molar-refractivity contribution >= 4 is 11.6 Å². The van der Waals surface area contributed by atoms with Crippen molar-refractivity contribution in [3.8, 4) is 11.5 Å². The van der Waals surface area contributed by atoms with Gasteiger partial charge < -0.3 is 14.3 Å². The monoisotopic (exact) mass is 412 g/mol. The fourth-order valence-electron chi connectivity index (χ4n) is 3.44. The highest BCUT2D eigenvalue weighted by atomic mass is 19.1. The number of nitrogens with zero attached hydrogens (tertiary/aromatic N) is 6. The summed E-state index contributed by atoms with van der Waals surface area (Å²) in [5.41, 5.74) is 0.408. The average Bonchev–Trinajstić information content (AvgIpc) is 3.19. The van der Waals surface area contributed by atoms with Crippen LogP contribution in [0.15, 0.2) is 46.1 Å². The fraction of sp³-hybridized carbons (Fsp3) is 0.350. The number of aryl methyl sites for hydroxylation is 2. The fourth-order valence-corrected chi connectivity index (χ4v) is 3.44. The maximum absolute atomic E-state index is 14.0. The lowest BCUT2D eigenvalue weighted by molar-refractivity contribution is -0.131. The van der Waals surface area contributed by atoms with E-state index in [0.29, 0.717) is 37.7 Å². The average molecular weight is 412 g/mol. The van der Waals surface area contributed by atoms with Crippen LogP contribution in [0.4, 0.5) is 10.1 Å². The normalized spacial score (nSPS) is 14.2. The van der Waals surface area contributed by atoms with Crippen molar-refractivity contribution in [1.29, 1.82) is 0 Å². The molecule has 0 aliphatic carbocycles. The van der Waals surface area contributed by atoms with Crippen molar-refractivity contribution in [2.75, 3.05) is 31.1 Å². The van der Waals surface area contributed by atoms with E-state index in [1.54, 1.807) is 30.0 Å². The summed E-state index contributed by atoms with van der Waals surface area (Å²) < 4.78 is 20.4. The molecule has 1 aromatic carbocycles. The van der Waals surface area contributed by atoms with Crippen molar-refractivity contribution in [3.05, 3.63) is 58.8 Å². The highest BCUT2D eigenvalue weighted by Gasteiger charge is 2.23. The third-order valence-electron chi connectivity index (χ3n) is 5.05. The number of halogens is 1. The summed E-state index contributed by atoms with van der Waals surface area (Å²) in [6.45, 7) is 3.97. The minimum Gasteiger partial charge on any atom is -0.366 e. The number of benzene rings is 1. The van der Waals surface area contributed by atoms with E-state index in [2.05, 4.69) is 15.1 Å². The van der Waals surface area contributed by atoms with E-state index in [1.807, 2.05) is 4.90 Å². The van der Waals surface area contributed by atoms with Gasteiger partial charge in [-0.3, -0.25) is 14.2 Å². The van der Waals surface area contributed by atoms with Crippen LogP contribution in [-0.2, 0) is 11.3 Å². The van der Waals surface area contributed by atoms with Gasteiger partial charge in [-0.15, -0.1) is 0 Å². The molecule has 3 heterocycles. The number of rotatable bonds is 5. The van der Waals surface area contributed by atoms with Gasteiger partial charge in [0.15, 0.2) is 5.82 Å². The second-order valence-electron chi connectivity index (χ2n) is 7.02. The van der Waals surface area contributed by atoms with Gasteiger partial charge in [0.2, 0.25) is 5.91 Å². The van der Waals surface area contributed by atoms with Crippen LogP contribution in [0, 0.1) is 12.7 Å². The van der Waals surface area contributed by atoms with Gasteiger partial charge in [0.25, 0.3) is 11.4 Å². The third kappa shape index (κ3) is 4.07. The van der Waals surface area contributed by atoms with Crippen LogP contribution in [0.5, 0.6) is 0 Å². The van der Waals surface area contributed by atoms with Crippen LogP contribution in [0.25, 0.3) is 11.5 Å². The van der Waals surface area contributed by atoms with Crippen LogP contribution in [0.1, 0.15) is 12.2 Å². The molecule has 3 aromatic rings. The number of hydrogen-bond acceptors (Lipinski definition) is 7. The molecule has 9 nitrogen and oxygen atoms in total. The summed E-state index contributed by atoms with van der Waals surface area (Å²) in [6, 6.07) is 6.63. The van der Waals surface area contributed by atoms with Gasteiger partial charge in [0.05, 0.1) is 12.0 Å². The molecule has 1 aliphatic rings. The van der Waals surface area contributed by atoms with E-state index in [0.717, 1.165) is 0 Å². The van der Waals surface area contributed by atoms with E-state index in [9.17, 15) is 14.0 Å². The Labute approximate surface area is 171 Å². The first kappa shape index (κ1) is 19.7. The number of carbonyl (C=O) groups excluding carboxylic acids is 1. The SMILES string of the molecule is Cc1noc(-c2cncn(CCC(=O)N3CCN(c4ccccc4F)CC3)c2=O)n1. The minimum atomic E-state index is -0.342. The number of carbonyl (C=O) groups is 1. The number of piperazine rings is 1. The van der Waals surface area contributed by atoms with Crippen LogP contribution in [0.2, 0.25) is 0 Å². The molecule has 30 heavy (non-hydrogen) atoms. The molecule has 0 saturated carbocycles. The molecule has 0 radical (unpaired) electrons. The van der Waals surface area contributed by atoms with Crippen LogP contribution >= 0.6 is 0 Å². The number of para-hydroxylation sites is 1. The van der Waals surface area contributed by atoms with Crippen LogP contribution in [0.3, 0.4) is 0 Å². The Balaban J connectivity index is 1.36. The first-order valence-electron chi connectivity index (χ1n) is 9.65. The maximum Gasteiger partial charge on any atom is 0.266 e. The standard InChI is InChI=1S/C20H21FN6O3/c1-14-23-19(30-24-14)15-12-22-13-27(20(15)29)7-6-18(28)26-10-8-25(9-11-26)17-5-3-2-4-16(17)21/h2-5,12-13H,6-11H2,1H3. The van der Waals surface area contributed by atoms with E-state index >= 15 is 0 Å². The topological polar surface area (TPSA) is 97.4 Å². The zero-order chi connectivity index (χ0) is 21.1. The van der Waals surface area contributed by atoms with Crippen molar-refractivity contribution in [3.63, 3.8) is 0 Å². The molecule has 0 N–H and O–H groups in total. The van der Waals surface area contributed by atoms with E-state index in [4.69, 9.17) is 4.52 Å². The molecular formula is C20H21FN6O3. The number of anilines is 1. The number of hydrogen-bond donors (Lipinski definition) is 0. The Morgan fingerprint density at radius 1 is 1.20 bits per heavy atom. The highest BCUT2D eigenvalue weighted by molar-refractivity contribution is 5.76. The Hall–Kier alpha value is -3.56. The van der Waals surface area contributed by atoms with E-state index in [-0.39, 0.29) is 41.7 Å². The molecule has 0 bridgehead atoms. The predicted octanol–water partition coefficient (Wildman–Crippen LogP) is 1.48. The lowest BCUT2D eigenvalue weighted by atomic mass is 10.2. The second kappa shape index (κ2) is 8.44. The number of amides is 1. The summed E-state index contributed by atoms with van der Waals surface area (Å²) in [5.74, 6) is 0.203. The molecule has 156 valence electrons. The van der Waals surface area contributed by atoms with Gasteiger partial charge in [-0.25, -0.2) is 9.37 Å². The smallest absolute Gasteiger partial charge is 0.266 e. The van der Waals surface area contributed by atoms with Gasteiger partial charge in [0.1, 0.15) is 11.4 Å². The zero-order valence-corrected chi connectivity index (χ0v) is 16.5. The second-order valence-corrected chi connectivity index (χ2v) is 7.02. The molecule has 1 fully saturated rings. The van der Waals surface area contributed by atoms with Gasteiger partial charge in [-0.1, -0.05) is 17.3 Å². The molecule has 0 atom stereocenters. The van der Waals surface area contributed by atoms with E-state index in [1.165, 1.54) is 23.2 Å². The lowest BCUT2D eigenvalue weighted by Crippen LogP contribution is -2.49. The summed E-state index contributed by atoms with van der Waals surface area (Å²) >= 11 is 0. The number of aromatic nitrogens is 4. The Kier molecular flexibility index (Phi) is 5.55. The first-order valence-corrected chi connectivity index (χ1v) is 9.65. The van der Waals surface area contributed by atoms with Gasteiger partial charge >= 0.3 is 0 Å². The van der Waals surface area contributed by atoms with Crippen molar-refractivity contribution in [2.24, 2.45) is 0 Å². The quantitative estimate of drug-likeness (QED) is 0.626. The summed E-state index contributed by atoms with van der Waals surface area (Å²) in [6.07, 6.45) is 2.92. The predicted molar refractivity (Wildman–Crippen MR) is 106 cm³/mol. The van der Waals surface area contributed by atoms with Crippen LogP contribution in [-0.4, -0.2) is 56.7 Å². The van der Waals surface area contributed by atoms with Crippen molar-refractivity contribution in [1.82, 2.24) is 24.6 Å². The van der Waals surface area contributed by atoms with E-state index < -0.39 is 0 Å². The molecule has 10 heteroatoms. The molecule has 1 aliphatic heterocycles. The van der Waals surface area contributed by atoms with Gasteiger partial charge in [-0.2, -0.15) is 4.98 Å². The zero-order valence-electron chi connectivity index (χ0n) is 16.5. The third-order valence-corrected chi connectivity index (χ3v) is 5.05. The van der Waals surface area contributed by atoms with Gasteiger partial charge in [-0.05, 0) is 19.1 Å². The molecule has 1 amide bonds. The molecule has 0 spiro atoms. The molecule has 2 aromatic heterocycles. The molecule has 4 rings (SSSR count). The minimum absolute atomic E-state index is 0.0610. The maximum atomic E-state index is 14.0. The largest absolute Gasteiger partial charge is 0.366 e. The van der Waals surface area contributed by atoms with Gasteiger partial charge in [0, 0.05) is 45.3 Å². The van der Waals surface area contributed by atoms with Crippen molar-refractivity contribution in [2.45, 2.75) is 19.9 Å². The molecule has 0 unspecified atom stereocenters. The summed E-state index contributed by atoms with van der Waals surface area (Å²) in [4.78, 5) is 37.0. The Morgan fingerprint density at radius 2 is 1.97 bits per heavy atom. The molecular weight excluding hydrogens is 391 g/mol. The van der Waals surface area contributed by atoms with Crippen LogP contribution < -0.4 is 10.5 Å². The Bertz CT molecular complexity index is 1100. The first-order chi connectivity index (χ1) is 14.5. The lowest BCUT2D eigenvalue weighted by Gasteiger charge is -2.36.